The summed E-state index contributed by atoms with van der Waals surface area (Å²) in [5, 5.41) is 3.34. The molecule has 1 aliphatic rings. The molecule has 0 atom stereocenters. The van der Waals surface area contributed by atoms with Crippen molar-refractivity contribution in [3.8, 4) is 0 Å². The van der Waals surface area contributed by atoms with Crippen molar-refractivity contribution in [2.45, 2.75) is 40.2 Å². The van der Waals surface area contributed by atoms with Gasteiger partial charge in [-0.3, -0.25) is 9.78 Å². The Kier molecular flexibility index (Phi) is 7.03. The van der Waals surface area contributed by atoms with E-state index in [1.165, 1.54) is 0 Å². The number of aryl methyl sites for hydroxylation is 1. The molecule has 6 heteroatoms. The Bertz CT molecular complexity index is 566. The zero-order chi connectivity index (χ0) is 17.4. The van der Waals surface area contributed by atoms with Crippen LogP contribution in [0, 0.1) is 12.8 Å². The predicted octanol–water partition coefficient (Wildman–Crippen LogP) is 2.13. The topological polar surface area (TPSA) is 66.8 Å². The second kappa shape index (κ2) is 9.25. The number of guanidine groups is 1. The van der Waals surface area contributed by atoms with Gasteiger partial charge in [0.1, 0.15) is 0 Å². The maximum Gasteiger partial charge on any atom is 0.309 e. The number of piperidine rings is 1. The van der Waals surface area contributed by atoms with Crippen LogP contribution in [-0.2, 0) is 16.1 Å². The van der Waals surface area contributed by atoms with Gasteiger partial charge in [-0.15, -0.1) is 0 Å². The van der Waals surface area contributed by atoms with Crippen LogP contribution in [0.15, 0.2) is 23.2 Å². The van der Waals surface area contributed by atoms with Gasteiger partial charge in [0.25, 0.3) is 0 Å². The summed E-state index contributed by atoms with van der Waals surface area (Å²) < 4.78 is 5.13. The van der Waals surface area contributed by atoms with Crippen molar-refractivity contribution >= 4 is 11.9 Å². The highest BCUT2D eigenvalue weighted by Gasteiger charge is 2.27. The summed E-state index contributed by atoms with van der Waals surface area (Å²) in [4.78, 5) is 23.3. The molecule has 0 amide bonds. The van der Waals surface area contributed by atoms with E-state index in [4.69, 9.17) is 9.73 Å². The molecule has 24 heavy (non-hydrogen) atoms. The van der Waals surface area contributed by atoms with Gasteiger partial charge in [0.15, 0.2) is 5.96 Å². The summed E-state index contributed by atoms with van der Waals surface area (Å²) in [6.07, 6.45) is 1.62. The average molecular weight is 332 g/mol. The highest BCUT2D eigenvalue weighted by molar-refractivity contribution is 5.80. The van der Waals surface area contributed by atoms with E-state index in [1.807, 2.05) is 32.0 Å². The monoisotopic (exact) mass is 332 g/mol. The fraction of sp³-hybridized carbons (Fsp3) is 0.611. The number of likely N-dealkylation sites (tertiary alicyclic amines) is 1. The molecule has 1 N–H and O–H groups in total. The van der Waals surface area contributed by atoms with Crippen molar-refractivity contribution in [1.29, 1.82) is 0 Å². The van der Waals surface area contributed by atoms with E-state index in [2.05, 4.69) is 22.1 Å². The van der Waals surface area contributed by atoms with Crippen molar-refractivity contribution in [2.75, 3.05) is 26.2 Å². The number of aromatic nitrogens is 1. The lowest BCUT2D eigenvalue weighted by atomic mass is 9.97. The molecular weight excluding hydrogens is 304 g/mol. The number of nitrogens with one attached hydrogen (secondary N) is 1. The number of pyridine rings is 1. The molecule has 1 aromatic rings. The second-order valence-electron chi connectivity index (χ2n) is 5.95. The van der Waals surface area contributed by atoms with E-state index in [9.17, 15) is 4.79 Å². The SMILES string of the molecule is CCNC(=NCc1cccc(C)n1)N1CCC(C(=O)OCC)CC1. The molecule has 1 saturated heterocycles. The lowest BCUT2D eigenvalue weighted by Crippen LogP contribution is -2.46. The Labute approximate surface area is 144 Å². The molecule has 1 fully saturated rings. The van der Waals surface area contributed by atoms with Crippen LogP contribution in [0.5, 0.6) is 0 Å². The molecule has 0 radical (unpaired) electrons. The molecule has 0 unspecified atom stereocenters. The van der Waals surface area contributed by atoms with Gasteiger partial charge >= 0.3 is 5.97 Å². The van der Waals surface area contributed by atoms with Crippen LogP contribution in [0.1, 0.15) is 38.1 Å². The van der Waals surface area contributed by atoms with Gasteiger partial charge in [-0.25, -0.2) is 4.99 Å². The quantitative estimate of drug-likeness (QED) is 0.508. The predicted molar refractivity (Wildman–Crippen MR) is 94.7 cm³/mol. The summed E-state index contributed by atoms with van der Waals surface area (Å²) in [5.74, 6) is 0.841. The zero-order valence-corrected chi connectivity index (χ0v) is 14.9. The van der Waals surface area contributed by atoms with Gasteiger partial charge in [-0.2, -0.15) is 0 Å². The number of rotatable bonds is 5. The fourth-order valence-corrected chi connectivity index (χ4v) is 2.86. The molecule has 6 nitrogen and oxygen atoms in total. The summed E-state index contributed by atoms with van der Waals surface area (Å²) >= 11 is 0. The molecule has 132 valence electrons. The van der Waals surface area contributed by atoms with E-state index >= 15 is 0 Å². The molecule has 0 bridgehead atoms. The van der Waals surface area contributed by atoms with E-state index in [-0.39, 0.29) is 11.9 Å². The molecule has 1 aliphatic heterocycles. The highest BCUT2D eigenvalue weighted by atomic mass is 16.5. The van der Waals surface area contributed by atoms with Crippen LogP contribution in [-0.4, -0.2) is 48.1 Å². The largest absolute Gasteiger partial charge is 0.466 e. The maximum absolute atomic E-state index is 11.8. The molecule has 2 heterocycles. The van der Waals surface area contributed by atoms with Crippen molar-refractivity contribution in [3.05, 3.63) is 29.6 Å². The third kappa shape index (κ3) is 5.22. The van der Waals surface area contributed by atoms with Crippen LogP contribution >= 0.6 is 0 Å². The van der Waals surface area contributed by atoms with Crippen molar-refractivity contribution in [1.82, 2.24) is 15.2 Å². The van der Waals surface area contributed by atoms with Crippen LogP contribution in [0.2, 0.25) is 0 Å². The van der Waals surface area contributed by atoms with Crippen molar-refractivity contribution < 1.29 is 9.53 Å². The van der Waals surface area contributed by atoms with Gasteiger partial charge in [0.05, 0.1) is 24.8 Å². The molecule has 0 aliphatic carbocycles. The van der Waals surface area contributed by atoms with Crippen LogP contribution in [0.4, 0.5) is 0 Å². The van der Waals surface area contributed by atoms with E-state index < -0.39 is 0 Å². The van der Waals surface area contributed by atoms with Crippen molar-refractivity contribution in [2.24, 2.45) is 10.9 Å². The lowest BCUT2D eigenvalue weighted by molar-refractivity contribution is -0.149. The second-order valence-corrected chi connectivity index (χ2v) is 5.95. The first-order valence-corrected chi connectivity index (χ1v) is 8.76. The summed E-state index contributed by atoms with van der Waals surface area (Å²) in [6, 6.07) is 5.98. The van der Waals surface area contributed by atoms with Crippen LogP contribution < -0.4 is 5.32 Å². The number of carbonyl (C=O) groups excluding carboxylic acids is 1. The van der Waals surface area contributed by atoms with E-state index in [1.54, 1.807) is 0 Å². The van der Waals surface area contributed by atoms with Crippen LogP contribution in [0.3, 0.4) is 0 Å². The maximum atomic E-state index is 11.8. The number of hydrogen-bond donors (Lipinski definition) is 1. The number of nitrogens with zero attached hydrogens (tertiary/aromatic N) is 3. The Balaban J connectivity index is 1.95. The molecule has 2 rings (SSSR count). The molecule has 0 saturated carbocycles. The first-order valence-electron chi connectivity index (χ1n) is 8.76. The molecular formula is C18H28N4O2. The zero-order valence-electron chi connectivity index (χ0n) is 14.9. The summed E-state index contributed by atoms with van der Waals surface area (Å²) in [6.45, 7) is 9.35. The van der Waals surface area contributed by atoms with Gasteiger partial charge in [-0.05, 0) is 45.7 Å². The van der Waals surface area contributed by atoms with Gasteiger partial charge < -0.3 is 15.0 Å². The molecule has 1 aromatic heterocycles. The van der Waals surface area contributed by atoms with Crippen LogP contribution in [0.25, 0.3) is 0 Å². The summed E-state index contributed by atoms with van der Waals surface area (Å²) in [7, 11) is 0. The third-order valence-electron chi connectivity index (χ3n) is 4.09. The minimum atomic E-state index is -0.0666. The number of carbonyl (C=O) groups is 1. The number of hydrogen-bond acceptors (Lipinski definition) is 4. The Hall–Kier alpha value is -2.11. The summed E-state index contributed by atoms with van der Waals surface area (Å²) in [5.41, 5.74) is 1.97. The van der Waals surface area contributed by atoms with Gasteiger partial charge in [0, 0.05) is 25.3 Å². The Morgan fingerprint density at radius 1 is 1.38 bits per heavy atom. The van der Waals surface area contributed by atoms with E-state index in [0.29, 0.717) is 13.2 Å². The Morgan fingerprint density at radius 3 is 2.75 bits per heavy atom. The number of esters is 1. The number of aliphatic imine (C=N–C) groups is 1. The number of ether oxygens (including phenoxy) is 1. The first kappa shape index (κ1) is 18.2. The average Bonchev–Trinajstić information content (AvgIpc) is 2.59. The first-order chi connectivity index (χ1) is 11.6. The molecule has 0 spiro atoms. The lowest BCUT2D eigenvalue weighted by Gasteiger charge is -2.33. The van der Waals surface area contributed by atoms with E-state index in [0.717, 1.165) is 49.8 Å². The normalized spacial score (nSPS) is 16.1. The minimum absolute atomic E-state index is 0.0162. The fourth-order valence-electron chi connectivity index (χ4n) is 2.86. The van der Waals surface area contributed by atoms with Gasteiger partial charge in [0.2, 0.25) is 0 Å². The van der Waals surface area contributed by atoms with Gasteiger partial charge in [-0.1, -0.05) is 6.07 Å². The standard InChI is InChI=1S/C18H28N4O2/c1-4-19-18(20-13-16-8-6-7-14(3)21-16)22-11-9-15(10-12-22)17(23)24-5-2/h6-8,15H,4-5,9-13H2,1-3H3,(H,19,20). The highest BCUT2D eigenvalue weighted by Crippen LogP contribution is 2.19. The third-order valence-corrected chi connectivity index (χ3v) is 4.09. The Morgan fingerprint density at radius 2 is 2.12 bits per heavy atom. The minimum Gasteiger partial charge on any atom is -0.466 e. The molecule has 0 aromatic carbocycles. The smallest absolute Gasteiger partial charge is 0.309 e. The van der Waals surface area contributed by atoms with Crippen molar-refractivity contribution in [3.63, 3.8) is 0 Å².